The Morgan fingerprint density at radius 2 is 1.96 bits per heavy atom. The van der Waals surface area contributed by atoms with Gasteiger partial charge in [0.15, 0.2) is 5.82 Å². The van der Waals surface area contributed by atoms with E-state index in [9.17, 15) is 4.79 Å². The van der Waals surface area contributed by atoms with Crippen LogP contribution < -0.4 is 5.32 Å². The van der Waals surface area contributed by atoms with Gasteiger partial charge in [-0.3, -0.25) is 4.79 Å². The molecule has 0 aliphatic carbocycles. The molecule has 1 aliphatic heterocycles. The van der Waals surface area contributed by atoms with E-state index in [1.54, 1.807) is 0 Å². The third kappa shape index (κ3) is 3.70. The van der Waals surface area contributed by atoms with Crippen molar-refractivity contribution in [3.63, 3.8) is 0 Å². The summed E-state index contributed by atoms with van der Waals surface area (Å²) >= 11 is 0. The smallest absolute Gasteiger partial charge is 0.321 e. The molecule has 6 heteroatoms. The van der Waals surface area contributed by atoms with E-state index in [0.29, 0.717) is 11.8 Å². The lowest BCUT2D eigenvalue weighted by Crippen LogP contribution is -2.42. The summed E-state index contributed by atoms with van der Waals surface area (Å²) in [5.41, 5.74) is 0.748. The van der Waals surface area contributed by atoms with E-state index in [0.717, 1.165) is 31.5 Å². The van der Waals surface area contributed by atoms with E-state index >= 15 is 0 Å². The van der Waals surface area contributed by atoms with Crippen molar-refractivity contribution in [3.8, 4) is 0 Å². The fourth-order valence-corrected chi connectivity index (χ4v) is 2.69. The Balaban J connectivity index is 1.53. The number of carbonyl (C=O) groups excluding carboxylic acids is 1. The van der Waals surface area contributed by atoms with Gasteiger partial charge in [0.1, 0.15) is 0 Å². The molecule has 6 nitrogen and oxygen atoms in total. The van der Waals surface area contributed by atoms with Crippen LogP contribution in [0.15, 0.2) is 34.9 Å². The molecule has 1 aromatic carbocycles. The third-order valence-corrected chi connectivity index (χ3v) is 4.09. The normalized spacial score (nSPS) is 15.9. The second-order valence-corrected chi connectivity index (χ2v) is 6.19. The third-order valence-electron chi connectivity index (χ3n) is 4.09. The topological polar surface area (TPSA) is 71.3 Å². The molecule has 1 fully saturated rings. The first-order chi connectivity index (χ1) is 11.1. The standard InChI is InChI=1S/C17H22N4O2/c1-12(2)15-19-17(23-20-15)18-14-8-10-21(11-9-14)16(22)13-6-4-3-5-7-13/h3-7,12,14H,8-11H2,1-2H3,(H,18,19,20). The molecule has 0 unspecified atom stereocenters. The Morgan fingerprint density at radius 1 is 1.26 bits per heavy atom. The molecular formula is C17H22N4O2. The van der Waals surface area contributed by atoms with Crippen LogP contribution in [0, 0.1) is 0 Å². The molecule has 1 N–H and O–H groups in total. The summed E-state index contributed by atoms with van der Waals surface area (Å²) in [6.45, 7) is 5.53. The van der Waals surface area contributed by atoms with Crippen LogP contribution in [-0.2, 0) is 0 Å². The van der Waals surface area contributed by atoms with Crippen LogP contribution in [-0.4, -0.2) is 40.1 Å². The number of nitrogens with one attached hydrogen (secondary N) is 1. The Morgan fingerprint density at radius 3 is 2.57 bits per heavy atom. The number of nitrogens with zero attached hydrogens (tertiary/aromatic N) is 3. The molecule has 0 radical (unpaired) electrons. The quantitative estimate of drug-likeness (QED) is 0.939. The second kappa shape index (κ2) is 6.81. The summed E-state index contributed by atoms with van der Waals surface area (Å²) in [5, 5.41) is 7.23. The fourth-order valence-electron chi connectivity index (χ4n) is 2.69. The van der Waals surface area contributed by atoms with E-state index in [4.69, 9.17) is 4.52 Å². The van der Waals surface area contributed by atoms with Gasteiger partial charge in [0.2, 0.25) is 0 Å². The number of rotatable bonds is 4. The van der Waals surface area contributed by atoms with Gasteiger partial charge in [0.05, 0.1) is 0 Å². The van der Waals surface area contributed by atoms with E-state index in [-0.39, 0.29) is 17.9 Å². The lowest BCUT2D eigenvalue weighted by atomic mass is 10.0. The summed E-state index contributed by atoms with van der Waals surface area (Å²) in [6, 6.07) is 10.2. The van der Waals surface area contributed by atoms with Gasteiger partial charge < -0.3 is 14.7 Å². The van der Waals surface area contributed by atoms with Crippen LogP contribution in [0.5, 0.6) is 0 Å². The second-order valence-electron chi connectivity index (χ2n) is 6.19. The maximum absolute atomic E-state index is 12.4. The maximum atomic E-state index is 12.4. The van der Waals surface area contributed by atoms with Crippen molar-refractivity contribution in [3.05, 3.63) is 41.7 Å². The predicted molar refractivity (Wildman–Crippen MR) is 87.4 cm³/mol. The first-order valence-corrected chi connectivity index (χ1v) is 8.08. The molecule has 3 rings (SSSR count). The van der Waals surface area contributed by atoms with Gasteiger partial charge in [-0.05, 0) is 25.0 Å². The zero-order valence-electron chi connectivity index (χ0n) is 13.5. The average Bonchev–Trinajstić information content (AvgIpc) is 3.04. The number of anilines is 1. The first kappa shape index (κ1) is 15.5. The number of piperidine rings is 1. The van der Waals surface area contributed by atoms with Gasteiger partial charge in [-0.15, -0.1) is 0 Å². The monoisotopic (exact) mass is 314 g/mol. The number of hydrogen-bond donors (Lipinski definition) is 1. The summed E-state index contributed by atoms with van der Waals surface area (Å²) in [7, 11) is 0. The molecular weight excluding hydrogens is 292 g/mol. The molecule has 122 valence electrons. The average molecular weight is 314 g/mol. The van der Waals surface area contributed by atoms with Gasteiger partial charge in [0.25, 0.3) is 5.91 Å². The highest BCUT2D eigenvalue weighted by molar-refractivity contribution is 5.94. The Bertz CT molecular complexity index is 646. The maximum Gasteiger partial charge on any atom is 0.321 e. The summed E-state index contributed by atoms with van der Waals surface area (Å²) < 4.78 is 5.22. The highest BCUT2D eigenvalue weighted by Gasteiger charge is 2.24. The predicted octanol–water partition coefficient (Wildman–Crippen LogP) is 2.91. The summed E-state index contributed by atoms with van der Waals surface area (Å²) in [5.74, 6) is 1.06. The number of aromatic nitrogens is 2. The molecule has 1 aliphatic rings. The van der Waals surface area contributed by atoms with Crippen molar-refractivity contribution < 1.29 is 9.32 Å². The van der Waals surface area contributed by atoms with Gasteiger partial charge in [-0.25, -0.2) is 0 Å². The van der Waals surface area contributed by atoms with Crippen LogP contribution in [0.3, 0.4) is 0 Å². The zero-order chi connectivity index (χ0) is 16.2. The van der Waals surface area contributed by atoms with Crippen molar-refractivity contribution in [2.45, 2.75) is 38.6 Å². The highest BCUT2D eigenvalue weighted by atomic mass is 16.5. The number of amides is 1. The lowest BCUT2D eigenvalue weighted by molar-refractivity contribution is 0.0718. The molecule has 0 bridgehead atoms. The largest absolute Gasteiger partial charge is 0.338 e. The van der Waals surface area contributed by atoms with Crippen LogP contribution in [0.25, 0.3) is 0 Å². The number of likely N-dealkylation sites (tertiary alicyclic amines) is 1. The minimum absolute atomic E-state index is 0.101. The van der Waals surface area contributed by atoms with Crippen molar-refractivity contribution in [2.24, 2.45) is 0 Å². The fraction of sp³-hybridized carbons (Fsp3) is 0.471. The Labute approximate surface area is 135 Å². The Hall–Kier alpha value is -2.37. The summed E-state index contributed by atoms with van der Waals surface area (Å²) in [6.07, 6.45) is 1.75. The highest BCUT2D eigenvalue weighted by Crippen LogP contribution is 2.19. The van der Waals surface area contributed by atoms with Crippen molar-refractivity contribution in [1.82, 2.24) is 15.0 Å². The molecule has 1 saturated heterocycles. The molecule has 0 atom stereocenters. The first-order valence-electron chi connectivity index (χ1n) is 8.08. The number of hydrogen-bond acceptors (Lipinski definition) is 5. The van der Waals surface area contributed by atoms with Crippen molar-refractivity contribution >= 4 is 11.9 Å². The number of carbonyl (C=O) groups is 1. The molecule has 23 heavy (non-hydrogen) atoms. The van der Waals surface area contributed by atoms with Crippen LogP contribution >= 0.6 is 0 Å². The van der Waals surface area contributed by atoms with Crippen LogP contribution in [0.4, 0.5) is 6.01 Å². The molecule has 2 heterocycles. The van der Waals surface area contributed by atoms with E-state index in [1.165, 1.54) is 0 Å². The van der Waals surface area contributed by atoms with Crippen LogP contribution in [0.1, 0.15) is 48.8 Å². The van der Waals surface area contributed by atoms with Gasteiger partial charge in [-0.2, -0.15) is 4.98 Å². The molecule has 2 aromatic rings. The van der Waals surface area contributed by atoms with E-state index in [1.807, 2.05) is 49.1 Å². The van der Waals surface area contributed by atoms with Crippen molar-refractivity contribution in [2.75, 3.05) is 18.4 Å². The summed E-state index contributed by atoms with van der Waals surface area (Å²) in [4.78, 5) is 18.6. The molecule has 0 spiro atoms. The van der Waals surface area contributed by atoms with Crippen LogP contribution in [0.2, 0.25) is 0 Å². The lowest BCUT2D eigenvalue weighted by Gasteiger charge is -2.32. The van der Waals surface area contributed by atoms with E-state index in [2.05, 4.69) is 15.5 Å². The van der Waals surface area contributed by atoms with Gasteiger partial charge >= 0.3 is 6.01 Å². The molecule has 1 amide bonds. The van der Waals surface area contributed by atoms with Gasteiger partial charge in [0, 0.05) is 30.6 Å². The minimum atomic E-state index is 0.101. The van der Waals surface area contributed by atoms with Crippen molar-refractivity contribution in [1.29, 1.82) is 0 Å². The molecule has 1 aromatic heterocycles. The Kier molecular flexibility index (Phi) is 4.60. The van der Waals surface area contributed by atoms with E-state index < -0.39 is 0 Å². The van der Waals surface area contributed by atoms with Gasteiger partial charge in [-0.1, -0.05) is 37.2 Å². The zero-order valence-corrected chi connectivity index (χ0v) is 13.5. The number of benzene rings is 1. The SMILES string of the molecule is CC(C)c1noc(NC2CCN(C(=O)c3ccccc3)CC2)n1. The minimum Gasteiger partial charge on any atom is -0.338 e. The molecule has 0 saturated carbocycles.